The van der Waals surface area contributed by atoms with Crippen molar-refractivity contribution in [3.05, 3.63) is 42.2 Å². The zero-order valence-corrected chi connectivity index (χ0v) is 11.1. The van der Waals surface area contributed by atoms with E-state index in [2.05, 4.69) is 10.2 Å². The van der Waals surface area contributed by atoms with Gasteiger partial charge in [0.2, 0.25) is 0 Å². The number of aliphatic hydroxyl groups is 5. The van der Waals surface area contributed by atoms with Gasteiger partial charge in [0.15, 0.2) is 0 Å². The molecule has 1 heterocycles. The molecule has 0 aliphatic heterocycles. The third-order valence-corrected chi connectivity index (χ3v) is 3.05. The second kappa shape index (κ2) is 6.74. The molecule has 114 valence electrons. The van der Waals surface area contributed by atoms with Crippen LogP contribution in [0.5, 0.6) is 0 Å². The first-order valence-corrected chi connectivity index (χ1v) is 6.35. The van der Waals surface area contributed by atoms with Crippen molar-refractivity contribution in [2.24, 2.45) is 0 Å². The molecule has 5 N–H and O–H groups in total. The van der Waals surface area contributed by atoms with E-state index in [0.717, 1.165) is 0 Å². The first-order chi connectivity index (χ1) is 10.0. The van der Waals surface area contributed by atoms with Gasteiger partial charge >= 0.3 is 0 Å². The van der Waals surface area contributed by atoms with Crippen molar-refractivity contribution in [2.75, 3.05) is 6.61 Å². The highest BCUT2D eigenvalue weighted by Crippen LogP contribution is 2.18. The molecule has 1 aromatic heterocycles. The van der Waals surface area contributed by atoms with E-state index in [9.17, 15) is 20.4 Å². The Hall–Kier alpha value is -1.84. The largest absolute Gasteiger partial charge is 0.394 e. The predicted molar refractivity (Wildman–Crippen MR) is 71.4 cm³/mol. The Kier molecular flexibility index (Phi) is 4.99. The van der Waals surface area contributed by atoms with Crippen LogP contribution in [-0.2, 0) is 0 Å². The molecule has 0 saturated heterocycles. The van der Waals surface area contributed by atoms with Gasteiger partial charge in [0.1, 0.15) is 30.1 Å². The summed E-state index contributed by atoms with van der Waals surface area (Å²) in [5, 5.41) is 55.2. The second-order valence-electron chi connectivity index (χ2n) is 4.57. The molecule has 2 aromatic rings. The van der Waals surface area contributed by atoms with Crippen LogP contribution in [0, 0.1) is 0 Å². The lowest BCUT2D eigenvalue weighted by molar-refractivity contribution is -0.117. The summed E-state index contributed by atoms with van der Waals surface area (Å²) in [5.41, 5.74) is 0.705. The van der Waals surface area contributed by atoms with Gasteiger partial charge in [-0.2, -0.15) is 15.0 Å². The number of aromatic nitrogens is 3. The van der Waals surface area contributed by atoms with Gasteiger partial charge in [0.05, 0.1) is 18.5 Å². The fraction of sp³-hybridized carbons (Fsp3) is 0.385. The molecule has 0 fully saturated rings. The summed E-state index contributed by atoms with van der Waals surface area (Å²) in [6.45, 7) is -0.734. The van der Waals surface area contributed by atoms with Crippen LogP contribution in [-0.4, -0.2) is 65.4 Å². The topological polar surface area (TPSA) is 132 Å². The molecular weight excluding hydrogens is 278 g/mol. The fourth-order valence-electron chi connectivity index (χ4n) is 1.79. The summed E-state index contributed by atoms with van der Waals surface area (Å²) in [6.07, 6.45) is -5.25. The minimum absolute atomic E-state index is 0.0375. The summed E-state index contributed by atoms with van der Waals surface area (Å²) >= 11 is 0. The summed E-state index contributed by atoms with van der Waals surface area (Å²) < 4.78 is 0. The Labute approximate surface area is 120 Å². The monoisotopic (exact) mass is 295 g/mol. The zero-order chi connectivity index (χ0) is 15.4. The van der Waals surface area contributed by atoms with E-state index >= 15 is 0 Å². The second-order valence-corrected chi connectivity index (χ2v) is 4.57. The van der Waals surface area contributed by atoms with Crippen molar-refractivity contribution in [3.8, 4) is 5.69 Å². The Balaban J connectivity index is 2.14. The van der Waals surface area contributed by atoms with Gasteiger partial charge in [-0.1, -0.05) is 18.2 Å². The number of hydrogen-bond acceptors (Lipinski definition) is 7. The smallest absolute Gasteiger partial charge is 0.128 e. The number of aliphatic hydroxyl groups excluding tert-OH is 5. The molecule has 2 rings (SSSR count). The van der Waals surface area contributed by atoms with Gasteiger partial charge in [0, 0.05) is 0 Å². The van der Waals surface area contributed by atoms with E-state index in [4.69, 9.17) is 5.11 Å². The number of rotatable bonds is 6. The van der Waals surface area contributed by atoms with Gasteiger partial charge in [0.25, 0.3) is 0 Å². The Morgan fingerprint density at radius 3 is 2.29 bits per heavy atom. The fourth-order valence-corrected chi connectivity index (χ4v) is 1.79. The molecule has 0 aliphatic carbocycles. The molecular formula is C13H17N3O5. The number of hydrogen-bond donors (Lipinski definition) is 5. The molecule has 8 heteroatoms. The first kappa shape index (κ1) is 15.5. The van der Waals surface area contributed by atoms with Gasteiger partial charge in [-0.3, -0.25) is 0 Å². The highest BCUT2D eigenvalue weighted by molar-refractivity contribution is 5.28. The lowest BCUT2D eigenvalue weighted by Gasteiger charge is -2.24. The van der Waals surface area contributed by atoms with E-state index < -0.39 is 31.0 Å². The molecule has 0 saturated carbocycles. The lowest BCUT2D eigenvalue weighted by atomic mass is 10.0. The Morgan fingerprint density at radius 2 is 1.67 bits per heavy atom. The third-order valence-electron chi connectivity index (χ3n) is 3.05. The zero-order valence-electron chi connectivity index (χ0n) is 11.1. The molecule has 0 radical (unpaired) electrons. The third kappa shape index (κ3) is 3.43. The Bertz CT molecular complexity index is 562. The van der Waals surface area contributed by atoms with E-state index in [0.29, 0.717) is 5.69 Å². The van der Waals surface area contributed by atoms with Gasteiger partial charge in [-0.25, -0.2) is 0 Å². The SMILES string of the molecule is OC[C@@H](O)[C@@H](O)[C@@H](O)[C@@H](O)c1cnn(-c2ccccc2)n1. The normalized spacial score (nSPS) is 17.2. The standard InChI is InChI=1S/C13H17N3O5/c17-7-10(18)12(20)13(21)11(19)9-6-14-16(15-9)8-4-2-1-3-5-8/h1-6,10-13,17-21H,7H2/t10-,11+,12-,13+/m1/s1. The summed E-state index contributed by atoms with van der Waals surface area (Å²) in [4.78, 5) is 1.26. The van der Waals surface area contributed by atoms with Crippen LogP contribution in [0.2, 0.25) is 0 Å². The average molecular weight is 295 g/mol. The van der Waals surface area contributed by atoms with Crippen LogP contribution < -0.4 is 0 Å². The van der Waals surface area contributed by atoms with Gasteiger partial charge in [-0.15, -0.1) is 0 Å². The number of para-hydroxylation sites is 1. The first-order valence-electron chi connectivity index (χ1n) is 6.35. The van der Waals surface area contributed by atoms with Crippen molar-refractivity contribution < 1.29 is 25.5 Å². The summed E-state index contributed by atoms with van der Waals surface area (Å²) in [7, 11) is 0. The van der Waals surface area contributed by atoms with Crippen LogP contribution in [0.4, 0.5) is 0 Å². The van der Waals surface area contributed by atoms with Crippen LogP contribution in [0.3, 0.4) is 0 Å². The van der Waals surface area contributed by atoms with Crippen molar-refractivity contribution in [2.45, 2.75) is 24.4 Å². The van der Waals surface area contributed by atoms with E-state index in [-0.39, 0.29) is 5.69 Å². The lowest BCUT2D eigenvalue weighted by Crippen LogP contribution is -2.42. The van der Waals surface area contributed by atoms with Gasteiger partial charge < -0.3 is 25.5 Å². The molecule has 0 unspecified atom stereocenters. The molecule has 0 amide bonds. The highest BCUT2D eigenvalue weighted by Gasteiger charge is 2.32. The van der Waals surface area contributed by atoms with Crippen LogP contribution in [0.1, 0.15) is 11.8 Å². The van der Waals surface area contributed by atoms with Crippen LogP contribution >= 0.6 is 0 Å². The van der Waals surface area contributed by atoms with Crippen LogP contribution in [0.15, 0.2) is 36.5 Å². The summed E-state index contributed by atoms with van der Waals surface area (Å²) in [5.74, 6) is 0. The maximum Gasteiger partial charge on any atom is 0.128 e. The van der Waals surface area contributed by atoms with E-state index in [1.807, 2.05) is 6.07 Å². The maximum absolute atomic E-state index is 9.95. The van der Waals surface area contributed by atoms with Crippen molar-refractivity contribution in [1.82, 2.24) is 15.0 Å². The minimum atomic E-state index is -1.70. The molecule has 4 atom stereocenters. The Morgan fingerprint density at radius 1 is 1.00 bits per heavy atom. The average Bonchev–Trinajstić information content (AvgIpc) is 3.02. The molecule has 8 nitrogen and oxygen atoms in total. The van der Waals surface area contributed by atoms with Crippen molar-refractivity contribution in [3.63, 3.8) is 0 Å². The van der Waals surface area contributed by atoms with E-state index in [1.54, 1.807) is 24.3 Å². The number of nitrogens with zero attached hydrogens (tertiary/aromatic N) is 3. The quantitative estimate of drug-likeness (QED) is 0.432. The molecule has 0 spiro atoms. The minimum Gasteiger partial charge on any atom is -0.394 e. The summed E-state index contributed by atoms with van der Waals surface area (Å²) in [6, 6.07) is 8.95. The van der Waals surface area contributed by atoms with Gasteiger partial charge in [-0.05, 0) is 12.1 Å². The molecule has 0 bridgehead atoms. The van der Waals surface area contributed by atoms with Crippen molar-refractivity contribution in [1.29, 1.82) is 0 Å². The van der Waals surface area contributed by atoms with Crippen LogP contribution in [0.25, 0.3) is 5.69 Å². The predicted octanol–water partition coefficient (Wildman–Crippen LogP) is -1.62. The molecule has 1 aromatic carbocycles. The number of benzene rings is 1. The maximum atomic E-state index is 9.95. The molecule has 21 heavy (non-hydrogen) atoms. The van der Waals surface area contributed by atoms with Crippen molar-refractivity contribution >= 4 is 0 Å². The van der Waals surface area contributed by atoms with E-state index in [1.165, 1.54) is 11.0 Å². The highest BCUT2D eigenvalue weighted by atomic mass is 16.4. The molecule has 0 aliphatic rings.